The van der Waals surface area contributed by atoms with Gasteiger partial charge in [-0.25, -0.2) is 4.39 Å². The fourth-order valence-electron chi connectivity index (χ4n) is 2.06. The molecule has 0 atom stereocenters. The van der Waals surface area contributed by atoms with E-state index in [-0.39, 0.29) is 19.2 Å². The number of rotatable bonds is 24. The van der Waals surface area contributed by atoms with E-state index in [1.165, 1.54) is 0 Å². The van der Waals surface area contributed by atoms with Gasteiger partial charge in [0.2, 0.25) is 0 Å². The van der Waals surface area contributed by atoms with Crippen molar-refractivity contribution in [3.63, 3.8) is 0 Å². The van der Waals surface area contributed by atoms with Gasteiger partial charge in [-0.05, 0) is 6.42 Å². The van der Waals surface area contributed by atoms with Crippen molar-refractivity contribution >= 4 is 5.97 Å². The van der Waals surface area contributed by atoms with Gasteiger partial charge in [-0.1, -0.05) is 19.8 Å². The van der Waals surface area contributed by atoms with E-state index in [1.54, 1.807) is 0 Å². The highest BCUT2D eigenvalue weighted by Crippen LogP contribution is 2.00. The van der Waals surface area contributed by atoms with E-state index in [4.69, 9.17) is 33.2 Å². The number of halogens is 1. The van der Waals surface area contributed by atoms with Crippen LogP contribution in [0.2, 0.25) is 0 Å². The summed E-state index contributed by atoms with van der Waals surface area (Å²) in [5.41, 5.74) is 0. The van der Waals surface area contributed by atoms with Crippen molar-refractivity contribution in [3.05, 3.63) is 0 Å². The molecular formula is C20H39FO8. The van der Waals surface area contributed by atoms with Gasteiger partial charge in [-0.2, -0.15) is 0 Å². The quantitative estimate of drug-likeness (QED) is 0.172. The van der Waals surface area contributed by atoms with Crippen LogP contribution >= 0.6 is 0 Å². The maximum atomic E-state index is 11.7. The van der Waals surface area contributed by atoms with E-state index in [0.717, 1.165) is 19.3 Å². The average Bonchev–Trinajstić information content (AvgIpc) is 2.72. The van der Waals surface area contributed by atoms with Crippen molar-refractivity contribution in [3.8, 4) is 0 Å². The fraction of sp³-hybridized carbons (Fsp3) is 0.950. The van der Waals surface area contributed by atoms with Crippen molar-refractivity contribution in [1.29, 1.82) is 0 Å². The van der Waals surface area contributed by atoms with Crippen LogP contribution in [-0.4, -0.2) is 98.5 Å². The summed E-state index contributed by atoms with van der Waals surface area (Å²) in [5.74, 6) is -0.160. The van der Waals surface area contributed by atoms with E-state index < -0.39 is 6.67 Å². The number of alkyl halides is 1. The molecule has 0 amide bonds. The van der Waals surface area contributed by atoms with Crippen LogP contribution in [0.15, 0.2) is 0 Å². The number of carbonyl (C=O) groups excluding carboxylic acids is 1. The molecule has 0 saturated heterocycles. The Morgan fingerprint density at radius 3 is 1.34 bits per heavy atom. The number of hydrogen-bond donors (Lipinski definition) is 0. The highest BCUT2D eigenvalue weighted by molar-refractivity contribution is 5.69. The number of unbranched alkanes of at least 4 members (excludes halogenated alkanes) is 2. The zero-order chi connectivity index (χ0) is 21.3. The Kier molecular flexibility index (Phi) is 24.5. The van der Waals surface area contributed by atoms with Gasteiger partial charge in [-0.15, -0.1) is 0 Å². The first kappa shape index (κ1) is 28.2. The lowest BCUT2D eigenvalue weighted by Gasteiger charge is -2.08. The normalized spacial score (nSPS) is 11.1. The summed E-state index contributed by atoms with van der Waals surface area (Å²) in [6.45, 7) is 7.06. The zero-order valence-electron chi connectivity index (χ0n) is 17.9. The van der Waals surface area contributed by atoms with Gasteiger partial charge >= 0.3 is 5.97 Å². The van der Waals surface area contributed by atoms with Crippen LogP contribution in [0.3, 0.4) is 0 Å². The first-order chi connectivity index (χ1) is 14.3. The second-order valence-corrected chi connectivity index (χ2v) is 6.04. The number of esters is 1. The highest BCUT2D eigenvalue weighted by atomic mass is 19.1. The van der Waals surface area contributed by atoms with Crippen LogP contribution in [0, 0.1) is 0 Å². The summed E-state index contributed by atoms with van der Waals surface area (Å²) in [7, 11) is 0. The maximum absolute atomic E-state index is 11.7. The molecule has 0 spiro atoms. The van der Waals surface area contributed by atoms with Gasteiger partial charge < -0.3 is 33.2 Å². The predicted octanol–water partition coefficient (Wildman–Crippen LogP) is 2.18. The predicted molar refractivity (Wildman–Crippen MR) is 106 cm³/mol. The third kappa shape index (κ3) is 25.1. The summed E-state index contributed by atoms with van der Waals surface area (Å²) in [5, 5.41) is 0. The average molecular weight is 427 g/mol. The third-order valence-corrected chi connectivity index (χ3v) is 3.56. The van der Waals surface area contributed by atoms with Crippen LogP contribution in [0.4, 0.5) is 4.39 Å². The molecule has 0 N–H and O–H groups in total. The lowest BCUT2D eigenvalue weighted by atomic mass is 10.2. The van der Waals surface area contributed by atoms with Crippen LogP contribution in [-0.2, 0) is 38.0 Å². The van der Waals surface area contributed by atoms with Crippen LogP contribution < -0.4 is 0 Å². The molecule has 29 heavy (non-hydrogen) atoms. The van der Waals surface area contributed by atoms with Gasteiger partial charge in [0.25, 0.3) is 0 Å². The first-order valence-electron chi connectivity index (χ1n) is 10.5. The Bertz CT molecular complexity index is 334. The van der Waals surface area contributed by atoms with Gasteiger partial charge in [0.1, 0.15) is 13.3 Å². The first-order valence-corrected chi connectivity index (χ1v) is 10.5. The molecule has 8 nitrogen and oxygen atoms in total. The smallest absolute Gasteiger partial charge is 0.305 e. The largest absolute Gasteiger partial charge is 0.463 e. The highest BCUT2D eigenvalue weighted by Gasteiger charge is 2.01. The Morgan fingerprint density at radius 2 is 0.966 bits per heavy atom. The molecule has 0 aromatic carbocycles. The number of hydrogen-bond acceptors (Lipinski definition) is 8. The van der Waals surface area contributed by atoms with Crippen LogP contribution in [0.25, 0.3) is 0 Å². The topological polar surface area (TPSA) is 81.7 Å². The summed E-state index contributed by atoms with van der Waals surface area (Å²) in [6.07, 6.45) is 3.50. The van der Waals surface area contributed by atoms with E-state index in [0.29, 0.717) is 79.1 Å². The molecule has 9 heteroatoms. The molecule has 0 aromatic rings. The zero-order valence-corrected chi connectivity index (χ0v) is 17.9. The number of carbonyl (C=O) groups is 1. The third-order valence-electron chi connectivity index (χ3n) is 3.56. The molecule has 0 heterocycles. The summed E-state index contributed by atoms with van der Waals surface area (Å²) < 4.78 is 48.4. The van der Waals surface area contributed by atoms with E-state index >= 15 is 0 Å². The molecule has 0 aliphatic heterocycles. The molecule has 0 unspecified atom stereocenters. The molecule has 0 aliphatic carbocycles. The molecule has 0 saturated carbocycles. The minimum atomic E-state index is -0.472. The Balaban J connectivity index is 3.06. The van der Waals surface area contributed by atoms with Crippen molar-refractivity contribution in [2.45, 2.75) is 32.6 Å². The van der Waals surface area contributed by atoms with Crippen molar-refractivity contribution in [2.75, 3.05) is 92.6 Å². The Morgan fingerprint density at radius 1 is 0.586 bits per heavy atom. The molecule has 0 radical (unpaired) electrons. The van der Waals surface area contributed by atoms with Crippen LogP contribution in [0.5, 0.6) is 0 Å². The Hall–Kier alpha value is -0.840. The van der Waals surface area contributed by atoms with E-state index in [2.05, 4.69) is 6.92 Å². The molecule has 174 valence electrons. The Labute approximate surface area is 174 Å². The summed E-state index contributed by atoms with van der Waals surface area (Å²) >= 11 is 0. The van der Waals surface area contributed by atoms with Gasteiger partial charge in [0.15, 0.2) is 0 Å². The van der Waals surface area contributed by atoms with E-state index in [9.17, 15) is 9.18 Å². The minimum Gasteiger partial charge on any atom is -0.463 e. The lowest BCUT2D eigenvalue weighted by Crippen LogP contribution is -2.15. The second-order valence-electron chi connectivity index (χ2n) is 6.04. The standard InChI is InChI=1S/C20H39FO8/c1-2-3-4-5-20(22)29-19-18-28-17-16-27-15-14-26-13-12-25-11-10-24-9-8-23-7-6-21/h2-19H2,1H3. The van der Waals surface area contributed by atoms with Gasteiger partial charge in [0, 0.05) is 6.42 Å². The summed E-state index contributed by atoms with van der Waals surface area (Å²) in [4.78, 5) is 11.4. The van der Waals surface area contributed by atoms with Crippen molar-refractivity contribution in [1.82, 2.24) is 0 Å². The molecule has 0 aliphatic rings. The van der Waals surface area contributed by atoms with E-state index in [1.807, 2.05) is 0 Å². The molecule has 0 bridgehead atoms. The van der Waals surface area contributed by atoms with Gasteiger partial charge in [-0.3, -0.25) is 4.79 Å². The second kappa shape index (κ2) is 25.2. The number of ether oxygens (including phenoxy) is 7. The SMILES string of the molecule is CCCCCC(=O)OCCOCCOCCOCCOCCOCCOCCF. The van der Waals surface area contributed by atoms with Crippen molar-refractivity contribution < 1.29 is 42.3 Å². The van der Waals surface area contributed by atoms with Crippen LogP contribution in [0.1, 0.15) is 32.6 Å². The molecule has 0 fully saturated rings. The molecular weight excluding hydrogens is 387 g/mol. The fourth-order valence-corrected chi connectivity index (χ4v) is 2.06. The molecule has 0 rings (SSSR count). The van der Waals surface area contributed by atoms with Crippen molar-refractivity contribution in [2.24, 2.45) is 0 Å². The monoisotopic (exact) mass is 426 g/mol. The minimum absolute atomic E-state index is 0.115. The lowest BCUT2D eigenvalue weighted by molar-refractivity contribution is -0.145. The maximum Gasteiger partial charge on any atom is 0.305 e. The van der Waals surface area contributed by atoms with Gasteiger partial charge in [0.05, 0.1) is 79.3 Å². The molecule has 0 aromatic heterocycles. The summed E-state index contributed by atoms with van der Waals surface area (Å²) in [6, 6.07) is 0.